The fourth-order valence-corrected chi connectivity index (χ4v) is 4.31. The van der Waals surface area contributed by atoms with Crippen LogP contribution in [0.5, 0.6) is 0 Å². The number of nitrogens with zero attached hydrogens (tertiary/aromatic N) is 5. The molecule has 2 saturated heterocycles. The third-order valence-corrected chi connectivity index (χ3v) is 5.94. The van der Waals surface area contributed by atoms with Crippen LogP contribution in [0.2, 0.25) is 0 Å². The molecule has 0 unspecified atom stereocenters. The maximum absolute atomic E-state index is 4.64. The van der Waals surface area contributed by atoms with Crippen LogP contribution in [0.15, 0.2) is 30.7 Å². The number of hydrogen-bond acceptors (Lipinski definition) is 4. The van der Waals surface area contributed by atoms with Crippen LogP contribution < -0.4 is 0 Å². The molecule has 5 heteroatoms. The topological polar surface area (TPSA) is 37.2 Å². The molecule has 2 aromatic heterocycles. The Kier molecular flexibility index (Phi) is 4.86. The maximum Gasteiger partial charge on any atom is 0.140 e. The van der Waals surface area contributed by atoms with Crippen LogP contribution in [0.1, 0.15) is 25.5 Å². The van der Waals surface area contributed by atoms with E-state index in [4.69, 9.17) is 0 Å². The van der Waals surface area contributed by atoms with E-state index in [2.05, 4.69) is 38.2 Å². The van der Waals surface area contributed by atoms with Crippen molar-refractivity contribution < 1.29 is 0 Å². The van der Waals surface area contributed by atoms with E-state index in [1.807, 2.05) is 30.7 Å². The van der Waals surface area contributed by atoms with Crippen molar-refractivity contribution in [2.45, 2.75) is 39.3 Å². The zero-order valence-electron chi connectivity index (χ0n) is 15.4. The highest BCUT2D eigenvalue weighted by Crippen LogP contribution is 2.28. The Bertz CT molecular complexity index is 681. The molecule has 0 amide bonds. The van der Waals surface area contributed by atoms with E-state index in [-0.39, 0.29) is 0 Å². The van der Waals surface area contributed by atoms with Gasteiger partial charge in [-0.2, -0.15) is 0 Å². The summed E-state index contributed by atoms with van der Waals surface area (Å²) in [4.78, 5) is 14.0. The normalized spacial score (nSPS) is 20.7. The summed E-state index contributed by atoms with van der Waals surface area (Å²) in [5.41, 5.74) is 2.41. The summed E-state index contributed by atoms with van der Waals surface area (Å²) in [6.45, 7) is 11.7. The Balaban J connectivity index is 1.35. The van der Waals surface area contributed by atoms with Crippen LogP contribution in [0, 0.1) is 12.8 Å². The smallest absolute Gasteiger partial charge is 0.140 e. The van der Waals surface area contributed by atoms with Crippen LogP contribution >= 0.6 is 0 Å². The minimum Gasteiger partial charge on any atom is -0.328 e. The molecule has 0 saturated carbocycles. The number of imidazole rings is 1. The summed E-state index contributed by atoms with van der Waals surface area (Å²) < 4.78 is 2.39. The van der Waals surface area contributed by atoms with E-state index in [1.54, 1.807) is 0 Å². The zero-order valence-corrected chi connectivity index (χ0v) is 15.4. The number of aromatic nitrogens is 3. The molecular weight excluding hydrogens is 310 g/mol. The lowest BCUT2D eigenvalue weighted by atomic mass is 9.93. The summed E-state index contributed by atoms with van der Waals surface area (Å²) in [5, 5.41) is 0. The molecule has 4 rings (SSSR count). The number of hydrogen-bond donors (Lipinski definition) is 0. The van der Waals surface area contributed by atoms with Gasteiger partial charge >= 0.3 is 0 Å². The number of aryl methyl sites for hydroxylation is 1. The second kappa shape index (κ2) is 7.26. The fourth-order valence-electron chi connectivity index (χ4n) is 4.31. The molecule has 134 valence electrons. The SMILES string of the molecule is CCN1CCC(N2CC(Cn3c(C)cnc3-c3ccncc3)C2)CC1. The van der Waals surface area contributed by atoms with E-state index < -0.39 is 0 Å². The average Bonchev–Trinajstić information content (AvgIpc) is 2.99. The van der Waals surface area contributed by atoms with Gasteiger partial charge in [0.25, 0.3) is 0 Å². The van der Waals surface area contributed by atoms with E-state index >= 15 is 0 Å². The lowest BCUT2D eigenvalue weighted by molar-refractivity contribution is 0.0137. The number of likely N-dealkylation sites (tertiary alicyclic amines) is 2. The van der Waals surface area contributed by atoms with Gasteiger partial charge in [0.05, 0.1) is 0 Å². The quantitative estimate of drug-likeness (QED) is 0.839. The number of piperidine rings is 1. The minimum absolute atomic E-state index is 0.748. The fraction of sp³-hybridized carbons (Fsp3) is 0.600. The lowest BCUT2D eigenvalue weighted by Gasteiger charge is -2.47. The average molecular weight is 339 g/mol. The Morgan fingerprint density at radius 1 is 1.12 bits per heavy atom. The van der Waals surface area contributed by atoms with Gasteiger partial charge in [0.2, 0.25) is 0 Å². The molecule has 0 aliphatic carbocycles. The number of rotatable bonds is 5. The number of pyridine rings is 1. The van der Waals surface area contributed by atoms with Crippen molar-refractivity contribution in [3.63, 3.8) is 0 Å². The van der Waals surface area contributed by atoms with Crippen LogP contribution in [0.25, 0.3) is 11.4 Å². The van der Waals surface area contributed by atoms with Gasteiger partial charge in [-0.05, 0) is 51.5 Å². The summed E-state index contributed by atoms with van der Waals surface area (Å²) in [6.07, 6.45) is 8.36. The van der Waals surface area contributed by atoms with E-state index in [1.165, 1.54) is 51.3 Å². The van der Waals surface area contributed by atoms with Crippen molar-refractivity contribution in [1.29, 1.82) is 0 Å². The summed E-state index contributed by atoms with van der Waals surface area (Å²) >= 11 is 0. The Morgan fingerprint density at radius 2 is 1.84 bits per heavy atom. The molecular formula is C20H29N5. The molecule has 2 aliphatic heterocycles. The molecule has 0 spiro atoms. The van der Waals surface area contributed by atoms with E-state index in [0.717, 1.165) is 29.9 Å². The standard InChI is InChI=1S/C20H29N5/c1-3-23-10-6-19(7-11-23)24-13-17(14-24)15-25-16(2)12-22-20(25)18-4-8-21-9-5-18/h4-5,8-9,12,17,19H,3,6-7,10-11,13-15H2,1-2H3. The first-order valence-electron chi connectivity index (χ1n) is 9.63. The highest BCUT2D eigenvalue weighted by molar-refractivity contribution is 5.55. The zero-order chi connectivity index (χ0) is 17.2. The molecule has 0 atom stereocenters. The largest absolute Gasteiger partial charge is 0.328 e. The molecule has 5 nitrogen and oxygen atoms in total. The molecule has 2 aromatic rings. The van der Waals surface area contributed by atoms with Crippen LogP contribution in [0.3, 0.4) is 0 Å². The first kappa shape index (κ1) is 16.7. The molecule has 2 fully saturated rings. The second-order valence-electron chi connectivity index (χ2n) is 7.56. The van der Waals surface area contributed by atoms with Gasteiger partial charge in [0, 0.05) is 61.4 Å². The predicted molar refractivity (Wildman–Crippen MR) is 100 cm³/mol. The van der Waals surface area contributed by atoms with Gasteiger partial charge in [-0.3, -0.25) is 9.88 Å². The van der Waals surface area contributed by atoms with Crippen molar-refractivity contribution in [3.05, 3.63) is 36.4 Å². The molecule has 0 radical (unpaired) electrons. The predicted octanol–water partition coefficient (Wildman–Crippen LogP) is 2.67. The van der Waals surface area contributed by atoms with Crippen molar-refractivity contribution >= 4 is 0 Å². The van der Waals surface area contributed by atoms with Gasteiger partial charge < -0.3 is 9.47 Å². The first-order valence-corrected chi connectivity index (χ1v) is 9.63. The Labute approximate surface area is 150 Å². The van der Waals surface area contributed by atoms with Crippen molar-refractivity contribution in [3.8, 4) is 11.4 Å². The Hall–Kier alpha value is -1.72. The lowest BCUT2D eigenvalue weighted by Crippen LogP contribution is -2.56. The third-order valence-electron chi connectivity index (χ3n) is 5.94. The van der Waals surface area contributed by atoms with Gasteiger partial charge in [-0.25, -0.2) is 4.98 Å². The van der Waals surface area contributed by atoms with Crippen LogP contribution in [-0.2, 0) is 6.54 Å². The van der Waals surface area contributed by atoms with Gasteiger partial charge in [-0.15, -0.1) is 0 Å². The Morgan fingerprint density at radius 3 is 2.52 bits per heavy atom. The van der Waals surface area contributed by atoms with Crippen LogP contribution in [-0.4, -0.2) is 63.1 Å². The summed E-state index contributed by atoms with van der Waals surface area (Å²) in [6, 6.07) is 4.90. The molecule has 0 bridgehead atoms. The monoisotopic (exact) mass is 339 g/mol. The van der Waals surface area contributed by atoms with Gasteiger partial charge in [0.15, 0.2) is 0 Å². The summed E-state index contributed by atoms with van der Waals surface area (Å²) in [7, 11) is 0. The molecule has 0 aromatic carbocycles. The van der Waals surface area contributed by atoms with Crippen molar-refractivity contribution in [2.24, 2.45) is 5.92 Å². The molecule has 25 heavy (non-hydrogen) atoms. The molecule has 2 aliphatic rings. The summed E-state index contributed by atoms with van der Waals surface area (Å²) in [5.74, 6) is 1.83. The third kappa shape index (κ3) is 3.48. The van der Waals surface area contributed by atoms with Gasteiger partial charge in [0.1, 0.15) is 5.82 Å². The maximum atomic E-state index is 4.64. The second-order valence-corrected chi connectivity index (χ2v) is 7.56. The molecule has 0 N–H and O–H groups in total. The van der Waals surface area contributed by atoms with Crippen molar-refractivity contribution in [1.82, 2.24) is 24.3 Å². The van der Waals surface area contributed by atoms with E-state index in [9.17, 15) is 0 Å². The molecule has 4 heterocycles. The highest BCUT2D eigenvalue weighted by Gasteiger charge is 2.34. The van der Waals surface area contributed by atoms with Crippen LogP contribution in [0.4, 0.5) is 0 Å². The highest BCUT2D eigenvalue weighted by atomic mass is 15.3. The van der Waals surface area contributed by atoms with E-state index in [0.29, 0.717) is 0 Å². The first-order chi connectivity index (χ1) is 12.2. The minimum atomic E-state index is 0.748. The van der Waals surface area contributed by atoms with Crippen molar-refractivity contribution in [2.75, 3.05) is 32.7 Å². The van der Waals surface area contributed by atoms with Gasteiger partial charge in [-0.1, -0.05) is 6.92 Å².